The zero-order valence-corrected chi connectivity index (χ0v) is 16.5. The molecule has 0 unspecified atom stereocenters. The van der Waals surface area contributed by atoms with Crippen LogP contribution in [0.3, 0.4) is 0 Å². The molecule has 5 nitrogen and oxygen atoms in total. The van der Waals surface area contributed by atoms with E-state index in [-0.39, 0.29) is 23.1 Å². The van der Waals surface area contributed by atoms with Gasteiger partial charge in [0.2, 0.25) is 0 Å². The molecule has 0 aliphatic heterocycles. The van der Waals surface area contributed by atoms with E-state index < -0.39 is 11.8 Å². The van der Waals surface area contributed by atoms with Gasteiger partial charge < -0.3 is 4.74 Å². The average Bonchev–Trinajstić information content (AvgIpc) is 2.73. The third kappa shape index (κ3) is 4.77. The number of halogens is 1. The second-order valence-electron chi connectivity index (χ2n) is 6.55. The summed E-state index contributed by atoms with van der Waals surface area (Å²) in [7, 11) is 0. The molecular formula is C23H23FN2O3. The lowest BCUT2D eigenvalue weighted by Gasteiger charge is -2.13. The monoisotopic (exact) mass is 394 g/mol. The van der Waals surface area contributed by atoms with Crippen LogP contribution in [0.4, 0.5) is 4.39 Å². The van der Waals surface area contributed by atoms with Crippen molar-refractivity contribution < 1.29 is 13.9 Å². The Hall–Kier alpha value is -3.28. The Morgan fingerprint density at radius 2 is 1.97 bits per heavy atom. The molecule has 3 aromatic rings. The Kier molecular flexibility index (Phi) is 6.54. The molecule has 1 aromatic heterocycles. The maximum atomic E-state index is 14.5. The SMILES string of the molecule is CCOC(=O)/C=C/c1cc2nc(CC)n(CCc3ccccc3)c(=O)c2cc1F. The number of aromatic nitrogens is 2. The van der Waals surface area contributed by atoms with Gasteiger partial charge in [-0.25, -0.2) is 14.2 Å². The van der Waals surface area contributed by atoms with Crippen LogP contribution in [0.15, 0.2) is 53.3 Å². The van der Waals surface area contributed by atoms with E-state index in [1.807, 2.05) is 37.3 Å². The van der Waals surface area contributed by atoms with Crippen LogP contribution in [0, 0.1) is 5.82 Å². The summed E-state index contributed by atoms with van der Waals surface area (Å²) in [6.45, 7) is 4.34. The van der Waals surface area contributed by atoms with Gasteiger partial charge in [-0.05, 0) is 37.1 Å². The van der Waals surface area contributed by atoms with Crippen molar-refractivity contribution in [3.05, 3.63) is 81.7 Å². The topological polar surface area (TPSA) is 61.2 Å². The van der Waals surface area contributed by atoms with Crippen molar-refractivity contribution in [2.24, 2.45) is 0 Å². The first-order chi connectivity index (χ1) is 14.0. The fourth-order valence-corrected chi connectivity index (χ4v) is 3.17. The first-order valence-electron chi connectivity index (χ1n) is 9.65. The van der Waals surface area contributed by atoms with Crippen LogP contribution in [-0.2, 0) is 28.9 Å². The molecule has 1 heterocycles. The number of rotatable bonds is 7. The summed E-state index contributed by atoms with van der Waals surface area (Å²) in [4.78, 5) is 29.1. The predicted molar refractivity (Wildman–Crippen MR) is 111 cm³/mol. The number of esters is 1. The Bertz CT molecular complexity index is 1100. The molecule has 29 heavy (non-hydrogen) atoms. The van der Waals surface area contributed by atoms with Gasteiger partial charge in [-0.1, -0.05) is 37.3 Å². The number of carbonyl (C=O) groups is 1. The largest absolute Gasteiger partial charge is 0.463 e. The molecule has 2 aromatic carbocycles. The van der Waals surface area contributed by atoms with Crippen molar-refractivity contribution in [3.8, 4) is 0 Å². The molecule has 0 fully saturated rings. The van der Waals surface area contributed by atoms with Gasteiger partial charge in [0.05, 0.1) is 17.5 Å². The molecule has 0 saturated carbocycles. The molecule has 0 radical (unpaired) electrons. The number of aryl methyl sites for hydroxylation is 2. The number of hydrogen-bond acceptors (Lipinski definition) is 4. The minimum atomic E-state index is -0.587. The molecule has 6 heteroatoms. The van der Waals surface area contributed by atoms with E-state index >= 15 is 0 Å². The van der Waals surface area contributed by atoms with Crippen LogP contribution in [0.5, 0.6) is 0 Å². The minimum Gasteiger partial charge on any atom is -0.463 e. The number of fused-ring (bicyclic) bond motifs is 1. The molecule has 0 aliphatic rings. The Morgan fingerprint density at radius 1 is 1.21 bits per heavy atom. The van der Waals surface area contributed by atoms with Gasteiger partial charge in [-0.3, -0.25) is 9.36 Å². The number of ether oxygens (including phenoxy) is 1. The van der Waals surface area contributed by atoms with E-state index in [9.17, 15) is 14.0 Å². The molecule has 0 atom stereocenters. The highest BCUT2D eigenvalue weighted by molar-refractivity contribution is 5.88. The van der Waals surface area contributed by atoms with Gasteiger partial charge in [0, 0.05) is 24.6 Å². The van der Waals surface area contributed by atoms with Crippen molar-refractivity contribution in [1.29, 1.82) is 0 Å². The summed E-state index contributed by atoms with van der Waals surface area (Å²) >= 11 is 0. The zero-order chi connectivity index (χ0) is 20.8. The normalized spacial score (nSPS) is 11.3. The maximum absolute atomic E-state index is 14.5. The lowest BCUT2D eigenvalue weighted by Crippen LogP contribution is -2.26. The van der Waals surface area contributed by atoms with Crippen LogP contribution in [0.25, 0.3) is 17.0 Å². The third-order valence-electron chi connectivity index (χ3n) is 4.62. The molecule has 0 saturated heterocycles. The molecule has 0 N–H and O–H groups in total. The van der Waals surface area contributed by atoms with E-state index in [0.717, 1.165) is 11.6 Å². The van der Waals surface area contributed by atoms with Crippen LogP contribution in [0.1, 0.15) is 30.8 Å². The van der Waals surface area contributed by atoms with Gasteiger partial charge in [-0.15, -0.1) is 0 Å². The van der Waals surface area contributed by atoms with Gasteiger partial charge in [-0.2, -0.15) is 0 Å². The van der Waals surface area contributed by atoms with E-state index in [4.69, 9.17) is 4.74 Å². The van der Waals surface area contributed by atoms with Gasteiger partial charge in [0.15, 0.2) is 0 Å². The Balaban J connectivity index is 1.98. The molecule has 0 amide bonds. The minimum absolute atomic E-state index is 0.182. The second kappa shape index (κ2) is 9.28. The molecule has 0 spiro atoms. The summed E-state index contributed by atoms with van der Waals surface area (Å²) in [5.41, 5.74) is 1.45. The predicted octanol–water partition coefficient (Wildman–Crippen LogP) is 3.92. The molecule has 0 aliphatic carbocycles. The summed E-state index contributed by atoms with van der Waals surface area (Å²) in [5, 5.41) is 0.223. The quantitative estimate of drug-likeness (QED) is 0.450. The number of benzene rings is 2. The van der Waals surface area contributed by atoms with Crippen molar-refractivity contribution in [2.75, 3.05) is 6.61 Å². The van der Waals surface area contributed by atoms with Crippen molar-refractivity contribution in [1.82, 2.24) is 9.55 Å². The maximum Gasteiger partial charge on any atom is 0.330 e. The fourth-order valence-electron chi connectivity index (χ4n) is 3.17. The molecular weight excluding hydrogens is 371 g/mol. The van der Waals surface area contributed by atoms with Crippen molar-refractivity contribution in [3.63, 3.8) is 0 Å². The highest BCUT2D eigenvalue weighted by Crippen LogP contribution is 2.18. The van der Waals surface area contributed by atoms with Crippen LogP contribution in [0.2, 0.25) is 0 Å². The summed E-state index contributed by atoms with van der Waals surface area (Å²) < 4.78 is 20.9. The highest BCUT2D eigenvalue weighted by Gasteiger charge is 2.13. The second-order valence-corrected chi connectivity index (χ2v) is 6.55. The van der Waals surface area contributed by atoms with Crippen LogP contribution < -0.4 is 5.56 Å². The number of carbonyl (C=O) groups excluding carboxylic acids is 1. The van der Waals surface area contributed by atoms with Crippen molar-refractivity contribution >= 4 is 22.9 Å². The fraction of sp³-hybridized carbons (Fsp3) is 0.261. The first-order valence-corrected chi connectivity index (χ1v) is 9.65. The van der Waals surface area contributed by atoms with Crippen molar-refractivity contribution in [2.45, 2.75) is 33.2 Å². The van der Waals surface area contributed by atoms with E-state index in [1.165, 1.54) is 18.2 Å². The van der Waals surface area contributed by atoms with E-state index in [2.05, 4.69) is 4.98 Å². The Morgan fingerprint density at radius 3 is 2.66 bits per heavy atom. The van der Waals surface area contributed by atoms with Gasteiger partial charge in [0.25, 0.3) is 5.56 Å². The molecule has 0 bridgehead atoms. The van der Waals surface area contributed by atoms with Crippen LogP contribution >= 0.6 is 0 Å². The average molecular weight is 394 g/mol. The first kappa shape index (κ1) is 20.5. The molecule has 3 rings (SSSR count). The van der Waals surface area contributed by atoms with E-state index in [0.29, 0.717) is 30.7 Å². The lowest BCUT2D eigenvalue weighted by atomic mass is 10.1. The summed E-state index contributed by atoms with van der Waals surface area (Å²) in [6, 6.07) is 12.5. The van der Waals surface area contributed by atoms with Crippen LogP contribution in [-0.4, -0.2) is 22.1 Å². The summed E-state index contributed by atoms with van der Waals surface area (Å²) in [6.07, 6.45) is 3.76. The standard InChI is InChI=1S/C23H23FN2O3/c1-3-21-25-20-14-17(10-11-22(27)29-4-2)19(24)15-18(20)23(28)26(21)13-12-16-8-6-5-7-9-16/h5-11,14-15H,3-4,12-13H2,1-2H3/b11-10+. The third-order valence-corrected chi connectivity index (χ3v) is 4.62. The Labute approximate surface area is 168 Å². The molecule has 150 valence electrons. The van der Waals surface area contributed by atoms with Gasteiger partial charge in [0.1, 0.15) is 11.6 Å². The van der Waals surface area contributed by atoms with E-state index in [1.54, 1.807) is 11.5 Å². The smallest absolute Gasteiger partial charge is 0.330 e. The number of hydrogen-bond donors (Lipinski definition) is 0. The summed E-state index contributed by atoms with van der Waals surface area (Å²) in [5.74, 6) is -0.494. The number of nitrogens with zero attached hydrogens (tertiary/aromatic N) is 2. The highest BCUT2D eigenvalue weighted by atomic mass is 19.1. The zero-order valence-electron chi connectivity index (χ0n) is 16.5. The lowest BCUT2D eigenvalue weighted by molar-refractivity contribution is -0.137. The van der Waals surface area contributed by atoms with Gasteiger partial charge >= 0.3 is 5.97 Å².